The van der Waals surface area contributed by atoms with E-state index in [1.807, 2.05) is 6.92 Å². The molecule has 0 amide bonds. The molecule has 0 spiro atoms. The lowest BCUT2D eigenvalue weighted by atomic mass is 10.1. The number of nitrogens with zero attached hydrogens (tertiary/aromatic N) is 1. The van der Waals surface area contributed by atoms with E-state index in [0.29, 0.717) is 6.04 Å². The van der Waals surface area contributed by atoms with Gasteiger partial charge in [-0.25, -0.2) is 0 Å². The predicted octanol–water partition coefficient (Wildman–Crippen LogP) is 2.97. The van der Waals surface area contributed by atoms with Crippen molar-refractivity contribution in [3.63, 3.8) is 0 Å². The van der Waals surface area contributed by atoms with Gasteiger partial charge in [0.15, 0.2) is 0 Å². The second-order valence-corrected chi connectivity index (χ2v) is 6.08. The van der Waals surface area contributed by atoms with Crippen LogP contribution in [0.4, 0.5) is 0 Å². The Labute approximate surface area is 114 Å². The Morgan fingerprint density at radius 2 is 2.17 bits per heavy atom. The van der Waals surface area contributed by atoms with Gasteiger partial charge in [0, 0.05) is 36.7 Å². The zero-order chi connectivity index (χ0) is 12.5. The van der Waals surface area contributed by atoms with E-state index in [1.54, 1.807) is 0 Å². The van der Waals surface area contributed by atoms with Crippen molar-refractivity contribution in [2.45, 2.75) is 44.8 Å². The lowest BCUT2D eigenvalue weighted by molar-refractivity contribution is 0.317. The molecular weight excluding hydrogens is 244 g/mol. The first-order valence-corrected chi connectivity index (χ1v) is 7.32. The zero-order valence-electron chi connectivity index (χ0n) is 11.0. The second kappa shape index (κ2) is 5.20. The largest absolute Gasteiger partial charge is 0.309 e. The fourth-order valence-electron chi connectivity index (χ4n) is 2.73. The Hall–Kier alpha value is -0.570. The molecule has 2 nitrogen and oxygen atoms in total. The van der Waals surface area contributed by atoms with Crippen LogP contribution >= 0.6 is 11.6 Å². The molecule has 1 unspecified atom stereocenters. The summed E-state index contributed by atoms with van der Waals surface area (Å²) >= 11 is 6.15. The van der Waals surface area contributed by atoms with Crippen LogP contribution in [0.25, 0.3) is 0 Å². The fraction of sp³-hybridized carbons (Fsp3) is 0.600. The lowest BCUT2D eigenvalue weighted by Crippen LogP contribution is -2.32. The predicted molar refractivity (Wildman–Crippen MR) is 76.0 cm³/mol. The summed E-state index contributed by atoms with van der Waals surface area (Å²) in [5.74, 6) is 0. The molecule has 1 aliphatic carbocycles. The van der Waals surface area contributed by atoms with Gasteiger partial charge in [0.25, 0.3) is 0 Å². The molecule has 2 aliphatic rings. The minimum absolute atomic E-state index is 0.658. The SMILES string of the molecule is Cc1ccc(CNC2CCN(C3CC3)C2)cc1Cl. The third-order valence-electron chi connectivity index (χ3n) is 4.11. The van der Waals surface area contributed by atoms with Gasteiger partial charge in [-0.15, -0.1) is 0 Å². The Morgan fingerprint density at radius 1 is 1.33 bits per heavy atom. The highest BCUT2D eigenvalue weighted by molar-refractivity contribution is 6.31. The van der Waals surface area contributed by atoms with Gasteiger partial charge >= 0.3 is 0 Å². The quantitative estimate of drug-likeness (QED) is 0.900. The van der Waals surface area contributed by atoms with Gasteiger partial charge in [0.05, 0.1) is 0 Å². The first kappa shape index (κ1) is 12.5. The molecule has 1 aromatic rings. The van der Waals surface area contributed by atoms with Crippen LogP contribution in [-0.2, 0) is 6.54 Å². The van der Waals surface area contributed by atoms with Crippen LogP contribution < -0.4 is 5.32 Å². The topological polar surface area (TPSA) is 15.3 Å². The van der Waals surface area contributed by atoms with E-state index in [2.05, 4.69) is 28.4 Å². The summed E-state index contributed by atoms with van der Waals surface area (Å²) in [6.45, 7) is 5.48. The number of rotatable bonds is 4. The van der Waals surface area contributed by atoms with Gasteiger partial charge in [-0.05, 0) is 43.4 Å². The minimum atomic E-state index is 0.658. The second-order valence-electron chi connectivity index (χ2n) is 5.68. The summed E-state index contributed by atoms with van der Waals surface area (Å²) in [7, 11) is 0. The highest BCUT2D eigenvalue weighted by atomic mass is 35.5. The first-order valence-electron chi connectivity index (χ1n) is 6.95. The van der Waals surface area contributed by atoms with E-state index in [-0.39, 0.29) is 0 Å². The van der Waals surface area contributed by atoms with E-state index in [4.69, 9.17) is 11.6 Å². The number of aryl methyl sites for hydroxylation is 1. The number of likely N-dealkylation sites (tertiary alicyclic amines) is 1. The zero-order valence-corrected chi connectivity index (χ0v) is 11.7. The van der Waals surface area contributed by atoms with Crippen LogP contribution in [-0.4, -0.2) is 30.1 Å². The van der Waals surface area contributed by atoms with Gasteiger partial charge in [-0.1, -0.05) is 23.7 Å². The molecule has 3 rings (SSSR count). The van der Waals surface area contributed by atoms with E-state index in [1.165, 1.54) is 37.9 Å². The summed E-state index contributed by atoms with van der Waals surface area (Å²) in [6, 6.07) is 7.92. The van der Waals surface area contributed by atoms with Gasteiger partial charge < -0.3 is 5.32 Å². The average molecular weight is 265 g/mol. The molecule has 1 saturated heterocycles. The molecule has 1 aromatic carbocycles. The van der Waals surface area contributed by atoms with Crippen LogP contribution in [0.5, 0.6) is 0 Å². The highest BCUT2D eigenvalue weighted by Crippen LogP contribution is 2.29. The Morgan fingerprint density at radius 3 is 2.89 bits per heavy atom. The number of hydrogen-bond acceptors (Lipinski definition) is 2. The fourth-order valence-corrected chi connectivity index (χ4v) is 2.94. The maximum Gasteiger partial charge on any atom is 0.0438 e. The summed E-state index contributed by atoms with van der Waals surface area (Å²) in [5.41, 5.74) is 2.44. The minimum Gasteiger partial charge on any atom is -0.309 e. The van der Waals surface area contributed by atoms with Gasteiger partial charge in [-0.2, -0.15) is 0 Å². The molecule has 1 N–H and O–H groups in total. The standard InChI is InChI=1S/C15H21ClN2/c1-11-2-3-12(8-15(11)16)9-17-13-6-7-18(10-13)14-4-5-14/h2-3,8,13-14,17H,4-7,9-10H2,1H3. The Kier molecular flexibility index (Phi) is 3.60. The molecule has 3 heteroatoms. The molecule has 1 saturated carbocycles. The Balaban J connectivity index is 1.50. The van der Waals surface area contributed by atoms with Crippen molar-refractivity contribution >= 4 is 11.6 Å². The molecule has 1 atom stereocenters. The molecule has 18 heavy (non-hydrogen) atoms. The van der Waals surface area contributed by atoms with Crippen molar-refractivity contribution in [2.24, 2.45) is 0 Å². The third kappa shape index (κ3) is 2.87. The van der Waals surface area contributed by atoms with Crippen LogP contribution in [0, 0.1) is 6.92 Å². The van der Waals surface area contributed by atoms with Crippen molar-refractivity contribution in [3.05, 3.63) is 34.3 Å². The normalized spacial score (nSPS) is 24.7. The van der Waals surface area contributed by atoms with E-state index < -0.39 is 0 Å². The van der Waals surface area contributed by atoms with Crippen molar-refractivity contribution in [1.82, 2.24) is 10.2 Å². The van der Waals surface area contributed by atoms with Crippen molar-refractivity contribution in [1.29, 1.82) is 0 Å². The van der Waals surface area contributed by atoms with E-state index >= 15 is 0 Å². The maximum absolute atomic E-state index is 6.15. The Bertz CT molecular complexity index is 429. The summed E-state index contributed by atoms with van der Waals surface area (Å²) in [4.78, 5) is 2.64. The highest BCUT2D eigenvalue weighted by Gasteiger charge is 2.33. The molecule has 0 bridgehead atoms. The number of hydrogen-bond donors (Lipinski definition) is 1. The molecule has 0 radical (unpaired) electrons. The maximum atomic E-state index is 6.15. The van der Waals surface area contributed by atoms with Gasteiger partial charge in [0.1, 0.15) is 0 Å². The number of benzene rings is 1. The molecule has 0 aromatic heterocycles. The van der Waals surface area contributed by atoms with Crippen molar-refractivity contribution < 1.29 is 0 Å². The summed E-state index contributed by atoms with van der Waals surface area (Å²) in [6.07, 6.45) is 4.12. The number of nitrogens with one attached hydrogen (secondary N) is 1. The van der Waals surface area contributed by atoms with E-state index in [0.717, 1.165) is 23.2 Å². The molecule has 1 heterocycles. The number of halogens is 1. The summed E-state index contributed by atoms with van der Waals surface area (Å²) < 4.78 is 0. The molecular formula is C15H21ClN2. The molecule has 1 aliphatic heterocycles. The van der Waals surface area contributed by atoms with Crippen molar-refractivity contribution in [2.75, 3.05) is 13.1 Å². The van der Waals surface area contributed by atoms with E-state index in [9.17, 15) is 0 Å². The molecule has 2 fully saturated rings. The van der Waals surface area contributed by atoms with Crippen LogP contribution in [0.2, 0.25) is 5.02 Å². The average Bonchev–Trinajstić information content (AvgIpc) is 3.11. The monoisotopic (exact) mass is 264 g/mol. The lowest BCUT2D eigenvalue weighted by Gasteiger charge is -2.16. The van der Waals surface area contributed by atoms with Crippen LogP contribution in [0.3, 0.4) is 0 Å². The summed E-state index contributed by atoms with van der Waals surface area (Å²) in [5, 5.41) is 4.53. The van der Waals surface area contributed by atoms with Crippen LogP contribution in [0.1, 0.15) is 30.4 Å². The van der Waals surface area contributed by atoms with Crippen LogP contribution in [0.15, 0.2) is 18.2 Å². The third-order valence-corrected chi connectivity index (χ3v) is 4.52. The van der Waals surface area contributed by atoms with Gasteiger partial charge in [0.2, 0.25) is 0 Å². The molecule has 98 valence electrons. The van der Waals surface area contributed by atoms with Crippen molar-refractivity contribution in [3.8, 4) is 0 Å². The smallest absolute Gasteiger partial charge is 0.0438 e. The first-order chi connectivity index (χ1) is 8.72. The van der Waals surface area contributed by atoms with Gasteiger partial charge in [-0.3, -0.25) is 4.90 Å².